The number of allylic oxidation sites excluding steroid dienone is 1. The molecule has 0 atom stereocenters. The molecule has 2 heterocycles. The molecule has 0 unspecified atom stereocenters. The van der Waals surface area contributed by atoms with Crippen LogP contribution in [0.2, 0.25) is 0 Å². The van der Waals surface area contributed by atoms with Crippen molar-refractivity contribution in [2.24, 2.45) is 0 Å². The van der Waals surface area contributed by atoms with Crippen LogP contribution < -0.4 is 5.32 Å². The largest absolute Gasteiger partial charge is 0.355 e. The number of hydrogen-bond acceptors (Lipinski definition) is 5. The Bertz CT molecular complexity index is 1010. The van der Waals surface area contributed by atoms with Crippen LogP contribution in [0, 0.1) is 0 Å². The predicted octanol–water partition coefficient (Wildman–Crippen LogP) is 5.27. The Labute approximate surface area is 198 Å². The lowest BCUT2D eigenvalue weighted by Gasteiger charge is -2.13. The molecule has 0 fully saturated rings. The van der Waals surface area contributed by atoms with E-state index in [2.05, 4.69) is 67.9 Å². The molecule has 5 nitrogen and oxygen atoms in total. The van der Waals surface area contributed by atoms with Crippen molar-refractivity contribution in [1.82, 2.24) is 20.1 Å². The van der Waals surface area contributed by atoms with Crippen LogP contribution in [0.1, 0.15) is 48.4 Å². The molecule has 3 aromatic rings. The van der Waals surface area contributed by atoms with Gasteiger partial charge in [-0.25, -0.2) is 0 Å². The van der Waals surface area contributed by atoms with Crippen molar-refractivity contribution < 1.29 is 4.79 Å². The molecule has 4 rings (SSSR count). The Morgan fingerprint density at radius 3 is 2.78 bits per heavy atom. The van der Waals surface area contributed by atoms with Gasteiger partial charge in [0.05, 0.1) is 5.75 Å². The molecule has 1 aliphatic carbocycles. The van der Waals surface area contributed by atoms with E-state index < -0.39 is 0 Å². The fourth-order valence-corrected chi connectivity index (χ4v) is 5.43. The Balaban J connectivity index is 1.34. The molecular formula is C25H30N4OS2. The molecule has 1 aromatic carbocycles. The minimum Gasteiger partial charge on any atom is -0.355 e. The highest BCUT2D eigenvalue weighted by Crippen LogP contribution is 2.22. The topological polar surface area (TPSA) is 59.8 Å². The number of benzene rings is 1. The first kappa shape index (κ1) is 22.8. The Hall–Kier alpha value is -2.38. The standard InChI is InChI=1S/C25H30N4OS2/c30-24(26-15-13-20-8-3-1-4-9-20)19-32-25-28-27-23(18-22-12-7-17-31-22)29(25)16-14-21-10-5-2-6-11-21/h2,5-8,10-12,17H,1,3-4,9,13-16,18-19H2,(H,26,30). The number of aromatic nitrogens is 3. The van der Waals surface area contributed by atoms with Gasteiger partial charge in [0.25, 0.3) is 0 Å². The molecule has 1 aliphatic rings. The first-order valence-corrected chi connectivity index (χ1v) is 13.2. The summed E-state index contributed by atoms with van der Waals surface area (Å²) in [6.07, 6.45) is 9.93. The highest BCUT2D eigenvalue weighted by atomic mass is 32.2. The molecule has 0 aliphatic heterocycles. The van der Waals surface area contributed by atoms with Crippen LogP contribution >= 0.6 is 23.1 Å². The van der Waals surface area contributed by atoms with Gasteiger partial charge in [-0.05, 0) is 55.5 Å². The van der Waals surface area contributed by atoms with E-state index in [1.165, 1.54) is 53.5 Å². The number of nitrogens with zero attached hydrogens (tertiary/aromatic N) is 3. The van der Waals surface area contributed by atoms with E-state index in [1.807, 2.05) is 6.07 Å². The van der Waals surface area contributed by atoms with Crippen LogP contribution in [0.25, 0.3) is 0 Å². The normalized spacial score (nSPS) is 13.7. The second-order valence-corrected chi connectivity index (χ2v) is 10.0. The van der Waals surface area contributed by atoms with Gasteiger partial charge in [-0.2, -0.15) is 0 Å². The number of nitrogens with one attached hydrogen (secondary N) is 1. The molecule has 0 bridgehead atoms. The third kappa shape index (κ3) is 6.81. The summed E-state index contributed by atoms with van der Waals surface area (Å²) in [6.45, 7) is 1.52. The minimum absolute atomic E-state index is 0.0591. The van der Waals surface area contributed by atoms with Crippen molar-refractivity contribution in [3.63, 3.8) is 0 Å². The second kappa shape index (κ2) is 12.0. The lowest BCUT2D eigenvalue weighted by molar-refractivity contribution is -0.118. The number of amides is 1. The summed E-state index contributed by atoms with van der Waals surface area (Å²) < 4.78 is 2.18. The number of carbonyl (C=O) groups excluding carboxylic acids is 1. The molecule has 1 amide bonds. The third-order valence-corrected chi connectivity index (χ3v) is 7.50. The van der Waals surface area contributed by atoms with Gasteiger partial charge < -0.3 is 9.88 Å². The van der Waals surface area contributed by atoms with Gasteiger partial charge in [-0.3, -0.25) is 4.79 Å². The zero-order chi connectivity index (χ0) is 22.0. The van der Waals surface area contributed by atoms with Gasteiger partial charge in [0.15, 0.2) is 5.16 Å². The highest BCUT2D eigenvalue weighted by Gasteiger charge is 2.15. The molecule has 0 radical (unpaired) electrons. The zero-order valence-corrected chi connectivity index (χ0v) is 20.0. The summed E-state index contributed by atoms with van der Waals surface area (Å²) in [5.41, 5.74) is 2.78. The minimum atomic E-state index is 0.0591. The molecule has 0 saturated carbocycles. The molecule has 7 heteroatoms. The SMILES string of the molecule is O=C(CSc1nnc(Cc2cccs2)n1CCc1ccccc1)NCCC1=CCCCC1. The van der Waals surface area contributed by atoms with E-state index in [-0.39, 0.29) is 5.91 Å². The van der Waals surface area contributed by atoms with E-state index in [0.717, 1.165) is 43.3 Å². The van der Waals surface area contributed by atoms with Crippen LogP contribution in [0.15, 0.2) is 64.7 Å². The van der Waals surface area contributed by atoms with Gasteiger partial charge >= 0.3 is 0 Å². The van der Waals surface area contributed by atoms with Crippen LogP contribution in [0.4, 0.5) is 0 Å². The number of thioether (sulfide) groups is 1. The first-order chi connectivity index (χ1) is 15.8. The van der Waals surface area contributed by atoms with Crippen molar-refractivity contribution in [1.29, 1.82) is 0 Å². The lowest BCUT2D eigenvalue weighted by Crippen LogP contribution is -2.26. The number of hydrogen-bond donors (Lipinski definition) is 1. The molecule has 2 aromatic heterocycles. The van der Waals surface area contributed by atoms with E-state index in [0.29, 0.717) is 5.75 Å². The summed E-state index contributed by atoms with van der Waals surface area (Å²) in [4.78, 5) is 13.7. The van der Waals surface area contributed by atoms with Crippen molar-refractivity contribution in [2.45, 2.75) is 56.6 Å². The number of aryl methyl sites for hydroxylation is 1. The van der Waals surface area contributed by atoms with Gasteiger partial charge in [-0.15, -0.1) is 21.5 Å². The number of carbonyl (C=O) groups is 1. The molecule has 1 N–H and O–H groups in total. The molecule has 0 spiro atoms. The predicted molar refractivity (Wildman–Crippen MR) is 132 cm³/mol. The fourth-order valence-electron chi connectivity index (χ4n) is 3.91. The van der Waals surface area contributed by atoms with Crippen LogP contribution in [-0.2, 0) is 24.2 Å². The molecule has 168 valence electrons. The summed E-state index contributed by atoms with van der Waals surface area (Å²) in [7, 11) is 0. The highest BCUT2D eigenvalue weighted by molar-refractivity contribution is 7.99. The number of thiophene rings is 1. The Morgan fingerprint density at radius 2 is 2.00 bits per heavy atom. The summed E-state index contributed by atoms with van der Waals surface area (Å²) in [5.74, 6) is 1.38. The van der Waals surface area contributed by atoms with E-state index in [1.54, 1.807) is 11.3 Å². The Morgan fingerprint density at radius 1 is 1.09 bits per heavy atom. The van der Waals surface area contributed by atoms with Gasteiger partial charge in [0.2, 0.25) is 5.91 Å². The Kier molecular flexibility index (Phi) is 8.56. The van der Waals surface area contributed by atoms with E-state index in [4.69, 9.17) is 0 Å². The number of rotatable bonds is 11. The van der Waals surface area contributed by atoms with E-state index in [9.17, 15) is 4.79 Å². The van der Waals surface area contributed by atoms with Gasteiger partial charge in [-0.1, -0.05) is 59.8 Å². The fraction of sp³-hybridized carbons (Fsp3) is 0.400. The maximum atomic E-state index is 12.4. The summed E-state index contributed by atoms with van der Waals surface area (Å²) >= 11 is 3.21. The van der Waals surface area contributed by atoms with E-state index >= 15 is 0 Å². The quantitative estimate of drug-likeness (QED) is 0.309. The lowest BCUT2D eigenvalue weighted by atomic mass is 9.97. The van der Waals surface area contributed by atoms with Gasteiger partial charge in [0.1, 0.15) is 5.82 Å². The summed E-state index contributed by atoms with van der Waals surface area (Å²) in [5, 5.41) is 14.9. The molecular weight excluding hydrogens is 436 g/mol. The van der Waals surface area contributed by atoms with Crippen LogP contribution in [0.5, 0.6) is 0 Å². The monoisotopic (exact) mass is 466 g/mol. The van der Waals surface area contributed by atoms with Crippen molar-refractivity contribution in [2.75, 3.05) is 12.3 Å². The maximum Gasteiger partial charge on any atom is 0.230 e. The van der Waals surface area contributed by atoms with Gasteiger partial charge in [0, 0.05) is 24.4 Å². The average Bonchev–Trinajstić information content (AvgIpc) is 3.48. The van der Waals surface area contributed by atoms with Crippen molar-refractivity contribution in [3.8, 4) is 0 Å². The molecule has 32 heavy (non-hydrogen) atoms. The third-order valence-electron chi connectivity index (χ3n) is 5.66. The summed E-state index contributed by atoms with van der Waals surface area (Å²) in [6, 6.07) is 14.7. The first-order valence-electron chi connectivity index (χ1n) is 11.3. The van der Waals surface area contributed by atoms with Crippen LogP contribution in [0.3, 0.4) is 0 Å². The van der Waals surface area contributed by atoms with Crippen LogP contribution in [-0.4, -0.2) is 33.0 Å². The average molecular weight is 467 g/mol. The second-order valence-electron chi connectivity index (χ2n) is 8.04. The zero-order valence-electron chi connectivity index (χ0n) is 18.3. The van der Waals surface area contributed by atoms with Crippen molar-refractivity contribution in [3.05, 3.63) is 75.8 Å². The maximum absolute atomic E-state index is 12.4. The smallest absolute Gasteiger partial charge is 0.230 e. The van der Waals surface area contributed by atoms with Crippen molar-refractivity contribution >= 4 is 29.0 Å². The molecule has 0 saturated heterocycles.